The molecule has 0 saturated heterocycles. The van der Waals surface area contributed by atoms with E-state index in [1.807, 2.05) is 37.4 Å². The molecule has 0 fully saturated rings. The Bertz CT molecular complexity index is 598. The van der Waals surface area contributed by atoms with E-state index in [0.29, 0.717) is 13.1 Å². The second-order valence-electron chi connectivity index (χ2n) is 5.24. The zero-order valence-corrected chi connectivity index (χ0v) is 13.8. The molecule has 4 heteroatoms. The normalized spacial score (nSPS) is 12.0. The number of nitrogens with two attached hydrogens (primary N) is 1. The summed E-state index contributed by atoms with van der Waals surface area (Å²) in [6.45, 7) is 0.912. The van der Waals surface area contributed by atoms with Gasteiger partial charge in [0, 0.05) is 25.0 Å². The number of carbonyl (C=O) groups is 1. The fourth-order valence-corrected chi connectivity index (χ4v) is 2.82. The molecular weight excluding hydrogens is 292 g/mol. The number of rotatable bonds is 6. The Kier molecular flexibility index (Phi) is 6.04. The van der Waals surface area contributed by atoms with Crippen LogP contribution in [0.15, 0.2) is 59.5 Å². The fourth-order valence-electron chi connectivity index (χ4n) is 2.41. The molecule has 2 aromatic rings. The van der Waals surface area contributed by atoms with Crippen molar-refractivity contribution in [2.24, 2.45) is 5.73 Å². The summed E-state index contributed by atoms with van der Waals surface area (Å²) < 4.78 is 0. The Hall–Kier alpha value is -1.78. The van der Waals surface area contributed by atoms with Crippen molar-refractivity contribution in [2.45, 2.75) is 17.4 Å². The maximum atomic E-state index is 12.6. The minimum absolute atomic E-state index is 0.0580. The first-order valence-electron chi connectivity index (χ1n) is 7.28. The van der Waals surface area contributed by atoms with Gasteiger partial charge >= 0.3 is 0 Å². The Labute approximate surface area is 136 Å². The van der Waals surface area contributed by atoms with Gasteiger partial charge in [0.2, 0.25) is 5.91 Å². The monoisotopic (exact) mass is 314 g/mol. The van der Waals surface area contributed by atoms with Gasteiger partial charge in [0.15, 0.2) is 0 Å². The van der Waals surface area contributed by atoms with Crippen LogP contribution < -0.4 is 5.73 Å². The van der Waals surface area contributed by atoms with Crippen molar-refractivity contribution in [1.82, 2.24) is 4.90 Å². The minimum atomic E-state index is -0.281. The second-order valence-corrected chi connectivity index (χ2v) is 6.12. The van der Waals surface area contributed by atoms with Crippen LogP contribution in [-0.4, -0.2) is 30.7 Å². The van der Waals surface area contributed by atoms with E-state index in [1.54, 1.807) is 16.7 Å². The van der Waals surface area contributed by atoms with Gasteiger partial charge in [0.1, 0.15) is 0 Å². The van der Waals surface area contributed by atoms with Crippen molar-refractivity contribution in [1.29, 1.82) is 0 Å². The quantitative estimate of drug-likeness (QED) is 0.833. The predicted molar refractivity (Wildman–Crippen MR) is 92.9 cm³/mol. The van der Waals surface area contributed by atoms with Crippen LogP contribution in [0, 0.1) is 0 Å². The number of thioether (sulfide) groups is 1. The smallest absolute Gasteiger partial charge is 0.231 e. The molecule has 0 aromatic heterocycles. The van der Waals surface area contributed by atoms with E-state index < -0.39 is 0 Å². The van der Waals surface area contributed by atoms with E-state index in [4.69, 9.17) is 5.73 Å². The topological polar surface area (TPSA) is 46.3 Å². The highest BCUT2D eigenvalue weighted by Crippen LogP contribution is 2.19. The molecule has 3 nitrogen and oxygen atoms in total. The first kappa shape index (κ1) is 16.6. The van der Waals surface area contributed by atoms with Gasteiger partial charge < -0.3 is 10.6 Å². The lowest BCUT2D eigenvalue weighted by Crippen LogP contribution is -2.34. The average Bonchev–Trinajstić information content (AvgIpc) is 2.57. The summed E-state index contributed by atoms with van der Waals surface area (Å²) in [5.41, 5.74) is 7.92. The third kappa shape index (κ3) is 4.12. The highest BCUT2D eigenvalue weighted by atomic mass is 32.2. The van der Waals surface area contributed by atoms with Crippen molar-refractivity contribution in [3.63, 3.8) is 0 Å². The molecule has 1 atom stereocenters. The lowest BCUT2D eigenvalue weighted by molar-refractivity contribution is -0.131. The van der Waals surface area contributed by atoms with Gasteiger partial charge in [0.25, 0.3) is 0 Å². The highest BCUT2D eigenvalue weighted by molar-refractivity contribution is 7.98. The van der Waals surface area contributed by atoms with E-state index >= 15 is 0 Å². The van der Waals surface area contributed by atoms with E-state index in [1.165, 1.54) is 4.90 Å². The van der Waals surface area contributed by atoms with Gasteiger partial charge in [-0.2, -0.15) is 0 Å². The molecular formula is C18H22N2OS. The molecule has 0 spiro atoms. The second kappa shape index (κ2) is 8.01. The largest absolute Gasteiger partial charge is 0.341 e. The number of hydrogen-bond acceptors (Lipinski definition) is 3. The maximum Gasteiger partial charge on any atom is 0.231 e. The minimum Gasteiger partial charge on any atom is -0.341 e. The van der Waals surface area contributed by atoms with E-state index in [2.05, 4.69) is 30.5 Å². The van der Waals surface area contributed by atoms with Crippen LogP contribution in [0.5, 0.6) is 0 Å². The van der Waals surface area contributed by atoms with Crippen LogP contribution in [0.2, 0.25) is 0 Å². The summed E-state index contributed by atoms with van der Waals surface area (Å²) in [6.07, 6.45) is 2.05. The molecule has 116 valence electrons. The Balaban J connectivity index is 2.06. The van der Waals surface area contributed by atoms with Crippen molar-refractivity contribution in [3.05, 3.63) is 65.7 Å². The molecule has 22 heavy (non-hydrogen) atoms. The predicted octanol–water partition coefficient (Wildman–Crippen LogP) is 3.11. The highest BCUT2D eigenvalue weighted by Gasteiger charge is 2.22. The third-order valence-electron chi connectivity index (χ3n) is 3.69. The zero-order chi connectivity index (χ0) is 15.9. The van der Waals surface area contributed by atoms with Crippen LogP contribution in [-0.2, 0) is 11.3 Å². The molecule has 0 aliphatic heterocycles. The van der Waals surface area contributed by atoms with Crippen LogP contribution in [0.4, 0.5) is 0 Å². The molecule has 0 bridgehead atoms. The molecule has 0 unspecified atom stereocenters. The van der Waals surface area contributed by atoms with E-state index in [-0.39, 0.29) is 11.8 Å². The third-order valence-corrected chi connectivity index (χ3v) is 4.43. The van der Waals surface area contributed by atoms with E-state index in [9.17, 15) is 4.79 Å². The average molecular weight is 314 g/mol. The van der Waals surface area contributed by atoms with Gasteiger partial charge in [-0.05, 0) is 29.5 Å². The van der Waals surface area contributed by atoms with Crippen molar-refractivity contribution in [3.8, 4) is 0 Å². The maximum absolute atomic E-state index is 12.6. The number of nitrogens with zero attached hydrogens (tertiary/aromatic N) is 1. The summed E-state index contributed by atoms with van der Waals surface area (Å²) in [5, 5.41) is 0. The molecule has 0 saturated carbocycles. The molecule has 2 N–H and O–H groups in total. The lowest BCUT2D eigenvalue weighted by atomic mass is 9.97. The Morgan fingerprint density at radius 1 is 1.14 bits per heavy atom. The van der Waals surface area contributed by atoms with E-state index in [0.717, 1.165) is 11.1 Å². The summed E-state index contributed by atoms with van der Waals surface area (Å²) in [6, 6.07) is 18.0. The van der Waals surface area contributed by atoms with Crippen LogP contribution in [0.3, 0.4) is 0 Å². The molecule has 0 aliphatic rings. The number of benzene rings is 2. The molecule has 0 radical (unpaired) electrons. The van der Waals surface area contributed by atoms with Gasteiger partial charge in [0.05, 0.1) is 5.92 Å². The van der Waals surface area contributed by atoms with Gasteiger partial charge in [-0.15, -0.1) is 11.8 Å². The number of carbonyl (C=O) groups excluding carboxylic acids is 1. The Morgan fingerprint density at radius 2 is 1.77 bits per heavy atom. The van der Waals surface area contributed by atoms with Crippen LogP contribution in [0.1, 0.15) is 17.0 Å². The molecule has 0 heterocycles. The standard InChI is InChI=1S/C18H22N2OS/c1-20(13-14-8-10-16(22-2)11-9-14)18(21)17(12-19)15-6-4-3-5-7-15/h3-11,17H,12-13,19H2,1-2H3/t17-/m0/s1. The SMILES string of the molecule is CSc1ccc(CN(C)C(=O)[C@@H](CN)c2ccccc2)cc1. The molecule has 1 amide bonds. The first-order chi connectivity index (χ1) is 10.7. The van der Waals surface area contributed by atoms with Gasteiger partial charge in [-0.3, -0.25) is 4.79 Å². The van der Waals surface area contributed by atoms with Crippen molar-refractivity contribution >= 4 is 17.7 Å². The molecule has 2 aromatic carbocycles. The van der Waals surface area contributed by atoms with Gasteiger partial charge in [-0.1, -0.05) is 42.5 Å². The Morgan fingerprint density at radius 3 is 2.32 bits per heavy atom. The summed E-state index contributed by atoms with van der Waals surface area (Å²) in [4.78, 5) is 15.6. The fraction of sp³-hybridized carbons (Fsp3) is 0.278. The molecule has 2 rings (SSSR count). The van der Waals surface area contributed by atoms with Crippen molar-refractivity contribution < 1.29 is 4.79 Å². The summed E-state index contributed by atoms with van der Waals surface area (Å²) in [5.74, 6) is -0.223. The zero-order valence-electron chi connectivity index (χ0n) is 13.0. The first-order valence-corrected chi connectivity index (χ1v) is 8.51. The number of amides is 1. The lowest BCUT2D eigenvalue weighted by Gasteiger charge is -2.23. The summed E-state index contributed by atoms with van der Waals surface area (Å²) >= 11 is 1.71. The van der Waals surface area contributed by atoms with Crippen molar-refractivity contribution in [2.75, 3.05) is 19.8 Å². The van der Waals surface area contributed by atoms with Gasteiger partial charge in [-0.25, -0.2) is 0 Å². The van der Waals surface area contributed by atoms with Crippen LogP contribution in [0.25, 0.3) is 0 Å². The number of hydrogen-bond donors (Lipinski definition) is 1. The molecule has 0 aliphatic carbocycles. The summed E-state index contributed by atoms with van der Waals surface area (Å²) in [7, 11) is 1.83. The number of likely N-dealkylation sites (N-methyl/N-ethyl adjacent to an activating group) is 1. The van der Waals surface area contributed by atoms with Crippen LogP contribution >= 0.6 is 11.8 Å².